The Labute approximate surface area is 229 Å². The molecule has 0 amide bonds. The zero-order chi connectivity index (χ0) is 27.4. The third-order valence-corrected chi connectivity index (χ3v) is 6.13. The molecule has 5 heteroatoms. The molecule has 5 nitrogen and oxygen atoms in total. The fraction of sp³-hybridized carbons (Fsp3) is 0.455. The van der Waals surface area contributed by atoms with Crippen molar-refractivity contribution in [3.8, 4) is 17.6 Å². The van der Waals surface area contributed by atoms with Crippen LogP contribution in [0.2, 0.25) is 0 Å². The Kier molecular flexibility index (Phi) is 15.1. The SMILES string of the molecule is C=C(C)C(=O)OCCCCCCCCOc1ccc(C=C(C#N)c2ccc(OCCCCCC)cc2)cc1. The standard InChI is InChI=1S/C33H43NO4/c1-4-5-6-11-22-37-32-20-16-29(17-21-32)30(26-34)25-28-14-18-31(19-15-28)36-23-12-9-7-8-10-13-24-38-33(35)27(2)3/h14-21,25H,2,4-13,22-24H2,1,3H3. The van der Waals surface area contributed by atoms with Crippen molar-refractivity contribution in [1.29, 1.82) is 5.26 Å². The Morgan fingerprint density at radius 1 is 0.789 bits per heavy atom. The minimum atomic E-state index is -0.305. The van der Waals surface area contributed by atoms with Crippen LogP contribution < -0.4 is 9.47 Å². The van der Waals surface area contributed by atoms with E-state index in [1.165, 1.54) is 19.3 Å². The highest BCUT2D eigenvalue weighted by molar-refractivity contribution is 5.89. The fourth-order valence-corrected chi connectivity index (χ4v) is 3.85. The topological polar surface area (TPSA) is 68.5 Å². The molecule has 204 valence electrons. The number of esters is 1. The second kappa shape index (κ2) is 18.7. The molecular formula is C33H43NO4. The number of unbranched alkanes of at least 4 members (excludes halogenated alkanes) is 8. The lowest BCUT2D eigenvalue weighted by Crippen LogP contribution is -2.06. The minimum Gasteiger partial charge on any atom is -0.494 e. The molecule has 0 fully saturated rings. The number of hydrogen-bond donors (Lipinski definition) is 0. The van der Waals surface area contributed by atoms with E-state index in [0.29, 0.717) is 24.4 Å². The van der Waals surface area contributed by atoms with Crippen molar-refractivity contribution in [1.82, 2.24) is 0 Å². The van der Waals surface area contributed by atoms with Gasteiger partial charge in [-0.3, -0.25) is 0 Å². The van der Waals surface area contributed by atoms with Gasteiger partial charge in [0.25, 0.3) is 0 Å². The summed E-state index contributed by atoms with van der Waals surface area (Å²) in [6, 6.07) is 17.9. The molecule has 0 aliphatic rings. The monoisotopic (exact) mass is 517 g/mol. The Hall–Kier alpha value is -3.52. The minimum absolute atomic E-state index is 0.305. The van der Waals surface area contributed by atoms with Gasteiger partial charge in [-0.2, -0.15) is 5.26 Å². The van der Waals surface area contributed by atoms with Gasteiger partial charge in [-0.05, 0) is 79.8 Å². The first-order valence-corrected chi connectivity index (χ1v) is 13.9. The number of hydrogen-bond acceptors (Lipinski definition) is 5. The van der Waals surface area contributed by atoms with Crippen LogP contribution in [-0.2, 0) is 9.53 Å². The van der Waals surface area contributed by atoms with Crippen molar-refractivity contribution >= 4 is 17.6 Å². The fourth-order valence-electron chi connectivity index (χ4n) is 3.85. The van der Waals surface area contributed by atoms with Crippen molar-refractivity contribution in [2.75, 3.05) is 19.8 Å². The summed E-state index contributed by atoms with van der Waals surface area (Å²) in [5, 5.41) is 9.68. The molecule has 0 N–H and O–H groups in total. The van der Waals surface area contributed by atoms with Crippen LogP contribution in [0.5, 0.6) is 11.5 Å². The van der Waals surface area contributed by atoms with E-state index in [4.69, 9.17) is 14.2 Å². The van der Waals surface area contributed by atoms with Gasteiger partial charge in [0.1, 0.15) is 11.5 Å². The zero-order valence-electron chi connectivity index (χ0n) is 23.2. The lowest BCUT2D eigenvalue weighted by Gasteiger charge is -2.08. The summed E-state index contributed by atoms with van der Waals surface area (Å²) < 4.78 is 16.8. The van der Waals surface area contributed by atoms with E-state index in [9.17, 15) is 10.1 Å². The van der Waals surface area contributed by atoms with Crippen molar-refractivity contribution in [3.05, 3.63) is 71.8 Å². The summed E-state index contributed by atoms with van der Waals surface area (Å²) in [5.74, 6) is 1.37. The first-order chi connectivity index (χ1) is 18.5. The average molecular weight is 518 g/mol. The highest BCUT2D eigenvalue weighted by Crippen LogP contribution is 2.22. The van der Waals surface area contributed by atoms with E-state index in [-0.39, 0.29) is 5.97 Å². The number of allylic oxidation sites excluding steroid dienone is 1. The van der Waals surface area contributed by atoms with E-state index >= 15 is 0 Å². The van der Waals surface area contributed by atoms with Crippen LogP contribution in [0, 0.1) is 11.3 Å². The van der Waals surface area contributed by atoms with Crippen LogP contribution in [0.25, 0.3) is 11.6 Å². The molecular weight excluding hydrogens is 474 g/mol. The zero-order valence-corrected chi connectivity index (χ0v) is 23.2. The number of rotatable bonds is 19. The number of nitriles is 1. The van der Waals surface area contributed by atoms with Crippen molar-refractivity contribution in [2.24, 2.45) is 0 Å². The van der Waals surface area contributed by atoms with E-state index in [1.807, 2.05) is 54.6 Å². The number of benzene rings is 2. The quantitative estimate of drug-likeness (QED) is 0.0614. The summed E-state index contributed by atoms with van der Waals surface area (Å²) in [5.41, 5.74) is 2.89. The maximum Gasteiger partial charge on any atom is 0.333 e. The maximum absolute atomic E-state index is 11.3. The molecule has 0 saturated carbocycles. The van der Waals surface area contributed by atoms with E-state index in [0.717, 1.165) is 74.2 Å². The maximum atomic E-state index is 11.3. The molecule has 2 aromatic rings. The summed E-state index contributed by atoms with van der Waals surface area (Å²) in [7, 11) is 0. The van der Waals surface area contributed by atoms with E-state index in [2.05, 4.69) is 19.6 Å². The van der Waals surface area contributed by atoms with Gasteiger partial charge in [-0.25, -0.2) is 4.79 Å². The third-order valence-electron chi connectivity index (χ3n) is 6.13. The molecule has 0 spiro atoms. The normalized spacial score (nSPS) is 11.0. The molecule has 0 heterocycles. The van der Waals surface area contributed by atoms with Crippen molar-refractivity contribution in [2.45, 2.75) is 78.1 Å². The summed E-state index contributed by atoms with van der Waals surface area (Å²) in [6.07, 6.45) is 12.9. The van der Waals surface area contributed by atoms with Crippen molar-refractivity contribution < 1.29 is 19.0 Å². The highest BCUT2D eigenvalue weighted by Gasteiger charge is 2.04. The van der Waals surface area contributed by atoms with Gasteiger partial charge in [0.05, 0.1) is 31.5 Å². The number of ether oxygens (including phenoxy) is 3. The predicted molar refractivity (Wildman–Crippen MR) is 155 cm³/mol. The van der Waals surface area contributed by atoms with E-state index < -0.39 is 0 Å². The Bertz CT molecular complexity index is 1030. The number of carbonyl (C=O) groups is 1. The summed E-state index contributed by atoms with van der Waals surface area (Å²) in [6.45, 7) is 9.31. The summed E-state index contributed by atoms with van der Waals surface area (Å²) >= 11 is 0. The Morgan fingerprint density at radius 3 is 1.82 bits per heavy atom. The van der Waals surface area contributed by atoms with Crippen LogP contribution >= 0.6 is 0 Å². The van der Waals surface area contributed by atoms with Crippen LogP contribution in [0.3, 0.4) is 0 Å². The largest absolute Gasteiger partial charge is 0.494 e. The first kappa shape index (κ1) is 30.7. The molecule has 2 rings (SSSR count). The molecule has 0 aliphatic heterocycles. The predicted octanol–water partition coefficient (Wildman–Crippen LogP) is 8.55. The average Bonchev–Trinajstić information content (AvgIpc) is 2.93. The molecule has 0 radical (unpaired) electrons. The molecule has 0 aromatic heterocycles. The Balaban J connectivity index is 1.67. The van der Waals surface area contributed by atoms with Gasteiger partial charge < -0.3 is 14.2 Å². The molecule has 0 atom stereocenters. The molecule has 38 heavy (non-hydrogen) atoms. The molecule has 0 unspecified atom stereocenters. The van der Waals surface area contributed by atoms with Crippen LogP contribution in [0.4, 0.5) is 0 Å². The molecule has 0 aliphatic carbocycles. The first-order valence-electron chi connectivity index (χ1n) is 13.9. The van der Waals surface area contributed by atoms with Gasteiger partial charge in [0.15, 0.2) is 0 Å². The third kappa shape index (κ3) is 12.6. The van der Waals surface area contributed by atoms with Gasteiger partial charge in [0, 0.05) is 5.57 Å². The molecule has 0 saturated heterocycles. The Morgan fingerprint density at radius 2 is 1.29 bits per heavy atom. The smallest absolute Gasteiger partial charge is 0.333 e. The molecule has 0 bridgehead atoms. The molecule has 2 aromatic carbocycles. The lowest BCUT2D eigenvalue weighted by molar-refractivity contribution is -0.139. The van der Waals surface area contributed by atoms with Gasteiger partial charge in [0.2, 0.25) is 0 Å². The highest BCUT2D eigenvalue weighted by atomic mass is 16.5. The van der Waals surface area contributed by atoms with Crippen molar-refractivity contribution in [3.63, 3.8) is 0 Å². The summed E-state index contributed by atoms with van der Waals surface area (Å²) in [4.78, 5) is 11.3. The second-order valence-electron chi connectivity index (χ2n) is 9.56. The van der Waals surface area contributed by atoms with Crippen LogP contribution in [0.1, 0.15) is 89.2 Å². The lowest BCUT2D eigenvalue weighted by atomic mass is 10.0. The second-order valence-corrected chi connectivity index (χ2v) is 9.56. The van der Waals surface area contributed by atoms with Crippen LogP contribution in [0.15, 0.2) is 60.7 Å². The number of carbonyl (C=O) groups excluding carboxylic acids is 1. The van der Waals surface area contributed by atoms with Crippen LogP contribution in [-0.4, -0.2) is 25.8 Å². The van der Waals surface area contributed by atoms with Gasteiger partial charge in [-0.1, -0.05) is 70.6 Å². The van der Waals surface area contributed by atoms with Gasteiger partial charge >= 0.3 is 5.97 Å². The number of nitrogens with zero attached hydrogens (tertiary/aromatic N) is 1. The van der Waals surface area contributed by atoms with E-state index in [1.54, 1.807) is 6.92 Å². The van der Waals surface area contributed by atoms with Gasteiger partial charge in [-0.15, -0.1) is 0 Å².